The zero-order valence-electron chi connectivity index (χ0n) is 13.8. The van der Waals surface area contributed by atoms with E-state index in [0.29, 0.717) is 17.9 Å². The number of carbonyl (C=O) groups is 1. The molecular weight excluding hydrogens is 341 g/mol. The van der Waals surface area contributed by atoms with Crippen LogP contribution < -0.4 is 10.6 Å². The lowest BCUT2D eigenvalue weighted by atomic mass is 9.93. The molecule has 7 heteroatoms. The molecule has 1 heterocycles. The van der Waals surface area contributed by atoms with Gasteiger partial charge in [0.1, 0.15) is 0 Å². The molecule has 1 aromatic rings. The van der Waals surface area contributed by atoms with E-state index in [1.807, 2.05) is 0 Å². The van der Waals surface area contributed by atoms with Crippen LogP contribution in [0.5, 0.6) is 0 Å². The van der Waals surface area contributed by atoms with Gasteiger partial charge in [-0.15, -0.1) is 12.4 Å². The predicted molar refractivity (Wildman–Crippen MR) is 90.1 cm³/mol. The number of piperidine rings is 1. The topological polar surface area (TPSA) is 41.1 Å². The van der Waals surface area contributed by atoms with E-state index in [1.165, 1.54) is 6.07 Å². The minimum Gasteiger partial charge on any atom is -0.352 e. The number of halogens is 4. The van der Waals surface area contributed by atoms with Crippen LogP contribution in [0.15, 0.2) is 24.3 Å². The zero-order chi connectivity index (χ0) is 17.0. The van der Waals surface area contributed by atoms with E-state index in [0.717, 1.165) is 31.6 Å². The molecule has 1 saturated heterocycles. The molecule has 0 bridgehead atoms. The van der Waals surface area contributed by atoms with Crippen molar-refractivity contribution < 1.29 is 18.0 Å². The van der Waals surface area contributed by atoms with E-state index in [-0.39, 0.29) is 30.3 Å². The Morgan fingerprint density at radius 1 is 1.42 bits per heavy atom. The second kappa shape index (κ2) is 8.72. The van der Waals surface area contributed by atoms with Gasteiger partial charge in [-0.1, -0.05) is 32.0 Å². The van der Waals surface area contributed by atoms with Crippen molar-refractivity contribution in [1.29, 1.82) is 0 Å². The van der Waals surface area contributed by atoms with E-state index >= 15 is 0 Å². The van der Waals surface area contributed by atoms with Crippen LogP contribution >= 0.6 is 12.4 Å². The average molecular weight is 365 g/mol. The van der Waals surface area contributed by atoms with Gasteiger partial charge in [-0.2, -0.15) is 13.2 Å². The maximum atomic E-state index is 12.7. The molecule has 2 rings (SSSR count). The van der Waals surface area contributed by atoms with Crippen molar-refractivity contribution >= 4 is 18.3 Å². The smallest absolute Gasteiger partial charge is 0.352 e. The molecule has 0 saturated carbocycles. The van der Waals surface area contributed by atoms with E-state index in [4.69, 9.17) is 0 Å². The number of nitrogens with one attached hydrogen (secondary N) is 2. The summed E-state index contributed by atoms with van der Waals surface area (Å²) in [4.78, 5) is 12.3. The number of amides is 1. The fraction of sp³-hybridized carbons (Fsp3) is 0.588. The van der Waals surface area contributed by atoms with Crippen LogP contribution in [0.4, 0.5) is 13.2 Å². The number of benzene rings is 1. The summed E-state index contributed by atoms with van der Waals surface area (Å²) in [5, 5.41) is 6.25. The van der Waals surface area contributed by atoms with Gasteiger partial charge in [0.05, 0.1) is 5.56 Å². The number of carbonyl (C=O) groups excluding carboxylic acids is 1. The molecule has 3 unspecified atom stereocenters. The predicted octanol–water partition coefficient (Wildman–Crippen LogP) is 3.42. The summed E-state index contributed by atoms with van der Waals surface area (Å²) in [5.74, 6) is -0.0727. The highest BCUT2D eigenvalue weighted by Gasteiger charge is 2.30. The third-order valence-corrected chi connectivity index (χ3v) is 4.40. The minimum absolute atomic E-state index is 0. The first-order valence-corrected chi connectivity index (χ1v) is 7.94. The van der Waals surface area contributed by atoms with Crippen molar-refractivity contribution in [3.63, 3.8) is 0 Å². The van der Waals surface area contributed by atoms with Crippen molar-refractivity contribution in [2.24, 2.45) is 11.8 Å². The van der Waals surface area contributed by atoms with Crippen LogP contribution in [0.1, 0.15) is 31.4 Å². The van der Waals surface area contributed by atoms with Crippen molar-refractivity contribution in [3.8, 4) is 0 Å². The van der Waals surface area contributed by atoms with Gasteiger partial charge in [-0.05, 0) is 36.9 Å². The molecule has 0 aromatic heterocycles. The van der Waals surface area contributed by atoms with Crippen LogP contribution in [-0.2, 0) is 17.4 Å². The standard InChI is InChI=1S/C17H23F3N2O.ClH/c1-11-6-7-21-10-15(11)22-16(23)12(2)8-13-4-3-5-14(9-13)17(18,19)20;/h3-5,9,11-12,15,21H,6-8,10H2,1-2H3,(H,22,23);1H. The molecule has 1 fully saturated rings. The molecule has 2 N–H and O–H groups in total. The molecule has 136 valence electrons. The summed E-state index contributed by atoms with van der Waals surface area (Å²) in [7, 11) is 0. The summed E-state index contributed by atoms with van der Waals surface area (Å²) in [5.41, 5.74) is -0.148. The molecule has 3 atom stereocenters. The lowest BCUT2D eigenvalue weighted by molar-refractivity contribution is -0.137. The Labute approximate surface area is 146 Å². The summed E-state index contributed by atoms with van der Waals surface area (Å²) in [6, 6.07) is 5.26. The first kappa shape index (κ1) is 20.8. The Kier molecular flexibility index (Phi) is 7.55. The van der Waals surface area contributed by atoms with Crippen LogP contribution in [0, 0.1) is 11.8 Å². The summed E-state index contributed by atoms with van der Waals surface area (Å²) in [6.45, 7) is 5.54. The Hall–Kier alpha value is -1.27. The van der Waals surface area contributed by atoms with Gasteiger partial charge in [0.25, 0.3) is 0 Å². The molecule has 1 aliphatic heterocycles. The zero-order valence-corrected chi connectivity index (χ0v) is 14.6. The van der Waals surface area contributed by atoms with Crippen molar-refractivity contribution in [2.75, 3.05) is 13.1 Å². The van der Waals surface area contributed by atoms with Crippen molar-refractivity contribution in [1.82, 2.24) is 10.6 Å². The molecule has 1 amide bonds. The number of hydrogen-bond donors (Lipinski definition) is 2. The summed E-state index contributed by atoms with van der Waals surface area (Å²) in [6.07, 6.45) is -3.05. The maximum absolute atomic E-state index is 12.7. The second-order valence-corrected chi connectivity index (χ2v) is 6.39. The lowest BCUT2D eigenvalue weighted by Crippen LogP contribution is -2.51. The molecule has 0 radical (unpaired) electrons. The van der Waals surface area contributed by atoms with Gasteiger partial charge >= 0.3 is 6.18 Å². The van der Waals surface area contributed by atoms with Crippen molar-refractivity contribution in [3.05, 3.63) is 35.4 Å². The van der Waals surface area contributed by atoms with Gasteiger partial charge in [-0.25, -0.2) is 0 Å². The largest absolute Gasteiger partial charge is 0.416 e. The van der Waals surface area contributed by atoms with E-state index < -0.39 is 11.7 Å². The van der Waals surface area contributed by atoms with Crippen LogP contribution in [0.25, 0.3) is 0 Å². The monoisotopic (exact) mass is 364 g/mol. The van der Waals surface area contributed by atoms with Gasteiger partial charge in [-0.3, -0.25) is 4.79 Å². The normalized spacial score (nSPS) is 22.4. The van der Waals surface area contributed by atoms with E-state index in [2.05, 4.69) is 17.6 Å². The van der Waals surface area contributed by atoms with Crippen LogP contribution in [-0.4, -0.2) is 25.0 Å². The molecule has 0 spiro atoms. The number of rotatable bonds is 4. The second-order valence-electron chi connectivity index (χ2n) is 6.39. The average Bonchev–Trinajstić information content (AvgIpc) is 2.49. The fourth-order valence-corrected chi connectivity index (χ4v) is 2.83. The van der Waals surface area contributed by atoms with E-state index in [9.17, 15) is 18.0 Å². The minimum atomic E-state index is -4.36. The fourth-order valence-electron chi connectivity index (χ4n) is 2.83. The third kappa shape index (κ3) is 5.67. The Morgan fingerprint density at radius 3 is 2.75 bits per heavy atom. The lowest BCUT2D eigenvalue weighted by Gasteiger charge is -2.31. The Morgan fingerprint density at radius 2 is 2.12 bits per heavy atom. The van der Waals surface area contributed by atoms with Gasteiger partial charge in [0, 0.05) is 18.5 Å². The molecule has 24 heavy (non-hydrogen) atoms. The Bertz CT molecular complexity index is 551. The summed E-state index contributed by atoms with van der Waals surface area (Å²) < 4.78 is 38.2. The molecule has 3 nitrogen and oxygen atoms in total. The highest BCUT2D eigenvalue weighted by molar-refractivity contribution is 5.85. The Balaban J connectivity index is 0.00000288. The van der Waals surface area contributed by atoms with E-state index in [1.54, 1.807) is 13.0 Å². The van der Waals surface area contributed by atoms with Crippen molar-refractivity contribution in [2.45, 2.75) is 38.9 Å². The SMILES string of the molecule is CC(Cc1cccc(C(F)(F)F)c1)C(=O)NC1CNCCC1C.Cl. The quantitative estimate of drug-likeness (QED) is 0.859. The van der Waals surface area contributed by atoms with Gasteiger partial charge < -0.3 is 10.6 Å². The maximum Gasteiger partial charge on any atom is 0.416 e. The molecule has 1 aliphatic rings. The summed E-state index contributed by atoms with van der Waals surface area (Å²) >= 11 is 0. The molecular formula is C17H24ClF3N2O. The highest BCUT2D eigenvalue weighted by atomic mass is 35.5. The first-order valence-electron chi connectivity index (χ1n) is 7.94. The van der Waals surface area contributed by atoms with Crippen LogP contribution in [0.2, 0.25) is 0 Å². The highest BCUT2D eigenvalue weighted by Crippen LogP contribution is 2.30. The van der Waals surface area contributed by atoms with Gasteiger partial charge in [0.2, 0.25) is 5.91 Å². The van der Waals surface area contributed by atoms with Crippen LogP contribution in [0.3, 0.4) is 0 Å². The number of hydrogen-bond acceptors (Lipinski definition) is 2. The first-order chi connectivity index (χ1) is 10.8. The number of alkyl halides is 3. The molecule has 1 aromatic carbocycles. The molecule has 0 aliphatic carbocycles. The third-order valence-electron chi connectivity index (χ3n) is 4.40. The van der Waals surface area contributed by atoms with Gasteiger partial charge in [0.15, 0.2) is 0 Å².